The number of aryl methyl sites for hydroxylation is 1. The summed E-state index contributed by atoms with van der Waals surface area (Å²) in [5, 5.41) is 2.84. The molecule has 4 rings (SSSR count). The summed E-state index contributed by atoms with van der Waals surface area (Å²) in [7, 11) is -3.93. The van der Waals surface area contributed by atoms with Crippen molar-refractivity contribution in [1.29, 1.82) is 0 Å². The summed E-state index contributed by atoms with van der Waals surface area (Å²) in [6.07, 6.45) is 0. The zero-order chi connectivity index (χ0) is 27.3. The molecule has 0 heterocycles. The van der Waals surface area contributed by atoms with E-state index in [4.69, 9.17) is 16.3 Å². The molecule has 0 bridgehead atoms. The van der Waals surface area contributed by atoms with Crippen molar-refractivity contribution in [2.24, 2.45) is 0 Å². The van der Waals surface area contributed by atoms with Crippen molar-refractivity contribution in [2.75, 3.05) is 16.2 Å². The standard InChI is InChI=1S/C28H23ClF2N2O4S/c1-19-2-13-25(14-3-19)38(35,36)33(17-20-4-6-21(29)7-5-20)23-9-11-24(12-10-23)37-18-28(34)32-27-15-8-22(30)16-26(27)31/h2-16H,17-18H2,1H3,(H,32,34). The normalized spacial score (nSPS) is 11.2. The first-order valence-electron chi connectivity index (χ1n) is 11.4. The number of amides is 1. The molecular formula is C28H23ClF2N2O4S. The number of halogens is 3. The molecule has 38 heavy (non-hydrogen) atoms. The molecule has 196 valence electrons. The minimum absolute atomic E-state index is 0.0548. The summed E-state index contributed by atoms with van der Waals surface area (Å²) >= 11 is 5.99. The van der Waals surface area contributed by atoms with Crippen LogP contribution in [0.3, 0.4) is 0 Å². The van der Waals surface area contributed by atoms with Crippen LogP contribution in [0.1, 0.15) is 11.1 Å². The second-order valence-electron chi connectivity index (χ2n) is 8.41. The van der Waals surface area contributed by atoms with E-state index in [1.807, 2.05) is 6.92 Å². The second kappa shape index (κ2) is 11.6. The summed E-state index contributed by atoms with van der Waals surface area (Å²) in [6.45, 7) is 1.49. The molecule has 0 aromatic heterocycles. The quantitative estimate of drug-likeness (QED) is 0.261. The molecule has 1 N–H and O–H groups in total. The Kier molecular flexibility index (Phi) is 8.29. The van der Waals surface area contributed by atoms with Crippen molar-refractivity contribution in [3.8, 4) is 5.75 Å². The molecule has 6 nitrogen and oxygen atoms in total. The van der Waals surface area contributed by atoms with Gasteiger partial charge in [0.2, 0.25) is 0 Å². The van der Waals surface area contributed by atoms with Crippen LogP contribution in [0, 0.1) is 18.6 Å². The van der Waals surface area contributed by atoms with Crippen molar-refractivity contribution < 1.29 is 26.7 Å². The van der Waals surface area contributed by atoms with Crippen LogP contribution in [0.25, 0.3) is 0 Å². The second-order valence-corrected chi connectivity index (χ2v) is 10.7. The van der Waals surface area contributed by atoms with E-state index < -0.39 is 34.2 Å². The highest BCUT2D eigenvalue weighted by Crippen LogP contribution is 2.28. The van der Waals surface area contributed by atoms with Gasteiger partial charge in [-0.1, -0.05) is 41.4 Å². The van der Waals surface area contributed by atoms with Gasteiger partial charge in [-0.2, -0.15) is 0 Å². The van der Waals surface area contributed by atoms with Crippen molar-refractivity contribution in [2.45, 2.75) is 18.4 Å². The lowest BCUT2D eigenvalue weighted by molar-refractivity contribution is -0.118. The molecule has 0 aliphatic carbocycles. The van der Waals surface area contributed by atoms with Gasteiger partial charge in [0.25, 0.3) is 15.9 Å². The predicted molar refractivity (Wildman–Crippen MR) is 143 cm³/mol. The highest BCUT2D eigenvalue weighted by Gasteiger charge is 2.25. The van der Waals surface area contributed by atoms with Crippen LogP contribution >= 0.6 is 11.6 Å². The Labute approximate surface area is 224 Å². The van der Waals surface area contributed by atoms with Crippen molar-refractivity contribution in [3.63, 3.8) is 0 Å². The molecule has 0 radical (unpaired) electrons. The van der Waals surface area contributed by atoms with Gasteiger partial charge in [-0.25, -0.2) is 17.2 Å². The van der Waals surface area contributed by atoms with E-state index in [1.54, 1.807) is 60.7 Å². The topological polar surface area (TPSA) is 75.7 Å². The van der Waals surface area contributed by atoms with E-state index in [0.29, 0.717) is 22.5 Å². The van der Waals surface area contributed by atoms with E-state index in [-0.39, 0.29) is 17.1 Å². The van der Waals surface area contributed by atoms with Crippen molar-refractivity contribution in [3.05, 3.63) is 119 Å². The molecule has 0 fully saturated rings. The number of sulfonamides is 1. The van der Waals surface area contributed by atoms with Gasteiger partial charge in [0.1, 0.15) is 17.4 Å². The molecule has 0 atom stereocenters. The Morgan fingerprint density at radius 1 is 0.921 bits per heavy atom. The third-order valence-corrected chi connectivity index (χ3v) is 7.59. The lowest BCUT2D eigenvalue weighted by Crippen LogP contribution is -2.30. The number of hydrogen-bond acceptors (Lipinski definition) is 4. The van der Waals surface area contributed by atoms with Gasteiger partial charge in [-0.05, 0) is 73.2 Å². The van der Waals surface area contributed by atoms with Crippen LogP contribution in [0.15, 0.2) is 95.9 Å². The van der Waals surface area contributed by atoms with Crippen molar-refractivity contribution >= 4 is 38.9 Å². The average molecular weight is 557 g/mol. The summed E-state index contributed by atoms with van der Waals surface area (Å²) in [6, 6.07) is 22.4. The largest absolute Gasteiger partial charge is 0.484 e. The number of hydrogen-bond donors (Lipinski definition) is 1. The summed E-state index contributed by atoms with van der Waals surface area (Å²) in [5.74, 6) is -2.02. The number of rotatable bonds is 9. The lowest BCUT2D eigenvalue weighted by Gasteiger charge is -2.25. The molecule has 0 saturated heterocycles. The third-order valence-electron chi connectivity index (χ3n) is 5.55. The smallest absolute Gasteiger partial charge is 0.264 e. The Morgan fingerprint density at radius 3 is 2.21 bits per heavy atom. The van der Waals surface area contributed by atoms with Gasteiger partial charge in [0.15, 0.2) is 6.61 Å². The molecule has 0 saturated carbocycles. The number of anilines is 2. The number of nitrogens with zero attached hydrogens (tertiary/aromatic N) is 1. The van der Waals surface area contributed by atoms with E-state index in [1.165, 1.54) is 16.4 Å². The van der Waals surface area contributed by atoms with Crippen LogP contribution in [0.4, 0.5) is 20.2 Å². The fraction of sp³-hybridized carbons (Fsp3) is 0.107. The van der Waals surface area contributed by atoms with Crippen LogP contribution in [0.2, 0.25) is 5.02 Å². The first kappa shape index (κ1) is 27.1. The van der Waals surface area contributed by atoms with Crippen molar-refractivity contribution in [1.82, 2.24) is 0 Å². The van der Waals surface area contributed by atoms with E-state index in [0.717, 1.165) is 23.3 Å². The number of nitrogens with one attached hydrogen (secondary N) is 1. The fourth-order valence-corrected chi connectivity index (χ4v) is 5.12. The SMILES string of the molecule is Cc1ccc(S(=O)(=O)N(Cc2ccc(Cl)cc2)c2ccc(OCC(=O)Nc3ccc(F)cc3F)cc2)cc1. The van der Waals surface area contributed by atoms with Gasteiger partial charge in [-0.3, -0.25) is 9.10 Å². The fourth-order valence-electron chi connectivity index (χ4n) is 3.54. The Balaban J connectivity index is 1.52. The van der Waals surface area contributed by atoms with E-state index >= 15 is 0 Å². The lowest BCUT2D eigenvalue weighted by atomic mass is 10.2. The Hall–Kier alpha value is -3.95. The Morgan fingerprint density at radius 2 is 1.58 bits per heavy atom. The average Bonchev–Trinajstić information content (AvgIpc) is 2.89. The third kappa shape index (κ3) is 6.67. The molecular weight excluding hydrogens is 534 g/mol. The molecule has 1 amide bonds. The Bertz CT molecular complexity index is 1530. The molecule has 0 aliphatic heterocycles. The summed E-state index contributed by atoms with van der Waals surface area (Å²) < 4.78 is 60.7. The van der Waals surface area contributed by atoms with Crippen LogP contribution in [0.5, 0.6) is 5.75 Å². The number of ether oxygens (including phenoxy) is 1. The van der Waals surface area contributed by atoms with Crippen LogP contribution in [-0.2, 0) is 21.4 Å². The maximum absolute atomic E-state index is 13.8. The monoisotopic (exact) mass is 556 g/mol. The highest BCUT2D eigenvalue weighted by atomic mass is 35.5. The maximum atomic E-state index is 13.8. The molecule has 4 aromatic carbocycles. The predicted octanol–water partition coefficient (Wildman–Crippen LogP) is 6.34. The number of carbonyl (C=O) groups excluding carboxylic acids is 1. The zero-order valence-corrected chi connectivity index (χ0v) is 21.8. The molecule has 0 spiro atoms. The van der Waals surface area contributed by atoms with Crippen LogP contribution < -0.4 is 14.4 Å². The molecule has 0 aliphatic rings. The van der Waals surface area contributed by atoms with E-state index in [2.05, 4.69) is 5.32 Å². The van der Waals surface area contributed by atoms with Gasteiger partial charge < -0.3 is 10.1 Å². The minimum Gasteiger partial charge on any atom is -0.484 e. The number of benzene rings is 4. The maximum Gasteiger partial charge on any atom is 0.264 e. The first-order chi connectivity index (χ1) is 18.1. The highest BCUT2D eigenvalue weighted by molar-refractivity contribution is 7.92. The van der Waals surface area contributed by atoms with Crippen LogP contribution in [-0.4, -0.2) is 20.9 Å². The number of carbonyl (C=O) groups is 1. The van der Waals surface area contributed by atoms with E-state index in [9.17, 15) is 22.0 Å². The molecule has 0 unspecified atom stereocenters. The van der Waals surface area contributed by atoms with Gasteiger partial charge in [0.05, 0.1) is 22.8 Å². The first-order valence-corrected chi connectivity index (χ1v) is 13.3. The summed E-state index contributed by atoms with van der Waals surface area (Å²) in [5.41, 5.74) is 1.87. The molecule has 10 heteroatoms. The van der Waals surface area contributed by atoms with Gasteiger partial charge >= 0.3 is 0 Å². The zero-order valence-electron chi connectivity index (χ0n) is 20.2. The molecule has 4 aromatic rings. The summed E-state index contributed by atoms with van der Waals surface area (Å²) in [4.78, 5) is 12.3. The van der Waals surface area contributed by atoms with Gasteiger partial charge in [0, 0.05) is 11.1 Å². The minimum atomic E-state index is -3.93. The van der Waals surface area contributed by atoms with Gasteiger partial charge in [-0.15, -0.1) is 0 Å².